The van der Waals surface area contributed by atoms with Crippen molar-refractivity contribution < 1.29 is 121 Å². The number of nitrogens with one attached hydrogen (secondary N) is 3. The van der Waals surface area contributed by atoms with Gasteiger partial charge in [-0.05, 0) is 43.3 Å². The van der Waals surface area contributed by atoms with Gasteiger partial charge in [0.1, 0.15) is 17.9 Å². The van der Waals surface area contributed by atoms with Crippen molar-refractivity contribution in [1.82, 2.24) is 30.2 Å². The van der Waals surface area contributed by atoms with E-state index in [0.29, 0.717) is 12.1 Å². The summed E-state index contributed by atoms with van der Waals surface area (Å²) >= 11 is 0. The summed E-state index contributed by atoms with van der Waals surface area (Å²) in [4.78, 5) is 88.1. The van der Waals surface area contributed by atoms with Crippen LogP contribution in [0, 0.1) is 50.1 Å². The topological polar surface area (TPSA) is 312 Å². The zero-order chi connectivity index (χ0) is 48.9. The van der Waals surface area contributed by atoms with Crippen molar-refractivity contribution in [2.24, 2.45) is 0 Å². The average Bonchev–Trinajstić information content (AvgIpc) is 3.23. The van der Waals surface area contributed by atoms with E-state index in [4.69, 9.17) is 14.2 Å². The number of aliphatic hydroxyl groups is 1. The van der Waals surface area contributed by atoms with Gasteiger partial charge in [-0.3, -0.25) is 44.1 Å². The summed E-state index contributed by atoms with van der Waals surface area (Å²) in [5.41, 5.74) is -5.26. The number of aliphatic carboxylic acids is 3. The van der Waals surface area contributed by atoms with Crippen molar-refractivity contribution in [2.75, 3.05) is 130 Å². The SMILES string of the molecule is C[C@](O)(COc1ccc(C(=O)NCCOCCOCCNC(=O)CN2CCN(CC(=O)[O-])CCN(CC(=O)[O-])CCN(CC(=O)[O-])CC2)cc1)C(=O)Nc1ccc([N+](=O)[O-])c(C(F)(F)F)c1.[Gd+3]. The molecule has 23 nitrogen and oxygen atoms in total. The number of hydrogen-bond acceptors (Lipinski definition) is 19. The number of carbonyl (C=O) groups excluding carboxylic acids is 6. The van der Waals surface area contributed by atoms with Crippen LogP contribution >= 0.6 is 0 Å². The summed E-state index contributed by atoms with van der Waals surface area (Å²) in [6.07, 6.45) is -5.08. The number of carbonyl (C=O) groups is 6. The molecule has 371 valence electrons. The van der Waals surface area contributed by atoms with E-state index in [9.17, 15) is 72.5 Å². The van der Waals surface area contributed by atoms with E-state index < -0.39 is 89.6 Å². The number of ether oxygens (including phenoxy) is 3. The summed E-state index contributed by atoms with van der Waals surface area (Å²) < 4.78 is 56.3. The van der Waals surface area contributed by atoms with Crippen LogP contribution in [0.3, 0.4) is 0 Å². The third-order valence-electron chi connectivity index (χ3n) is 9.71. The van der Waals surface area contributed by atoms with Gasteiger partial charge in [0.2, 0.25) is 5.91 Å². The molecular formula is C40H52F3GdN8O15. The molecular weight excluding hydrogens is 1050 g/mol. The van der Waals surface area contributed by atoms with Gasteiger partial charge in [-0.2, -0.15) is 13.2 Å². The smallest absolute Gasteiger partial charge is 0.549 e. The molecule has 1 saturated heterocycles. The Morgan fingerprint density at radius 1 is 0.701 bits per heavy atom. The van der Waals surface area contributed by atoms with Crippen molar-refractivity contribution in [1.29, 1.82) is 0 Å². The summed E-state index contributed by atoms with van der Waals surface area (Å²) in [5, 5.41) is 63.0. The fourth-order valence-electron chi connectivity index (χ4n) is 6.20. The van der Waals surface area contributed by atoms with Gasteiger partial charge < -0.3 is 65.0 Å². The Kier molecular flexibility index (Phi) is 25.5. The minimum Gasteiger partial charge on any atom is -0.549 e. The first-order chi connectivity index (χ1) is 31.1. The molecule has 1 aliphatic heterocycles. The van der Waals surface area contributed by atoms with Crippen molar-refractivity contribution >= 4 is 47.0 Å². The third kappa shape index (κ3) is 22.8. The molecule has 0 saturated carbocycles. The molecule has 2 aromatic carbocycles. The summed E-state index contributed by atoms with van der Waals surface area (Å²) in [6.45, 7) is 1.57. The molecule has 2 aromatic rings. The first-order valence-corrected chi connectivity index (χ1v) is 20.4. The Morgan fingerprint density at radius 2 is 1.15 bits per heavy atom. The largest absolute Gasteiger partial charge is 3.00 e. The number of nitrogens with zero attached hydrogens (tertiary/aromatic N) is 5. The zero-order valence-electron chi connectivity index (χ0n) is 36.4. The Bertz CT molecular complexity index is 1930. The van der Waals surface area contributed by atoms with Gasteiger partial charge in [-0.15, -0.1) is 0 Å². The number of carboxylic acids is 3. The van der Waals surface area contributed by atoms with Crippen LogP contribution in [0.15, 0.2) is 42.5 Å². The van der Waals surface area contributed by atoms with E-state index in [0.717, 1.165) is 13.0 Å². The molecule has 0 aromatic heterocycles. The predicted octanol–water partition coefficient (Wildman–Crippen LogP) is -4.27. The molecule has 27 heteroatoms. The summed E-state index contributed by atoms with van der Waals surface area (Å²) in [5.74, 6) is -5.79. The Hall–Kier alpha value is -4.71. The monoisotopic (exact) mass is 1100 g/mol. The van der Waals surface area contributed by atoms with Gasteiger partial charge >= 0.3 is 46.1 Å². The van der Waals surface area contributed by atoms with Crippen LogP contribution < -0.4 is 36.0 Å². The predicted molar refractivity (Wildman–Crippen MR) is 217 cm³/mol. The second-order valence-corrected chi connectivity index (χ2v) is 15.1. The van der Waals surface area contributed by atoms with Crippen LogP contribution in [0.1, 0.15) is 22.8 Å². The number of hydrogen-bond donors (Lipinski definition) is 4. The molecule has 1 aliphatic rings. The van der Waals surface area contributed by atoms with Crippen LogP contribution in [0.4, 0.5) is 24.5 Å². The standard InChI is InChI=1S/C40H55F3N8O15.Gd/c1-39(61,38(60)46-29-4-7-32(51(62)63)31(22-29)40(41,42)43)27-66-30-5-2-28(3-6-30)37(59)45-9-19-65-21-20-64-18-8-44-33(52)23-47-10-12-48(24-34(53)54)14-16-50(26-36(57)58)17-15-49(13-11-47)25-35(55)56;/h2-7,22,61H,8-21,23-27H2,1H3,(H,44,52)(H,45,59)(H,46,60)(H,53,54)(H,55,56)(H,57,58);/q;+3/p-3/t39-;/m0./s1. The fourth-order valence-corrected chi connectivity index (χ4v) is 6.20. The van der Waals surface area contributed by atoms with Crippen LogP contribution in [-0.4, -0.2) is 196 Å². The van der Waals surface area contributed by atoms with Crippen LogP contribution in [0.25, 0.3) is 0 Å². The zero-order valence-corrected chi connectivity index (χ0v) is 38.6. The summed E-state index contributed by atoms with van der Waals surface area (Å²) in [7, 11) is 0. The minimum atomic E-state index is -5.08. The Balaban J connectivity index is 0.0000154. The number of amides is 3. The van der Waals surface area contributed by atoms with Crippen LogP contribution in [0.5, 0.6) is 5.75 Å². The molecule has 3 amide bonds. The molecule has 0 aliphatic carbocycles. The van der Waals surface area contributed by atoms with Crippen molar-refractivity contribution in [3.05, 3.63) is 63.7 Å². The quantitative estimate of drug-likeness (QED) is 0.0439. The number of carboxylic acid groups (broad SMARTS) is 3. The Morgan fingerprint density at radius 3 is 1.58 bits per heavy atom. The number of alkyl halides is 3. The minimum absolute atomic E-state index is 0. The van der Waals surface area contributed by atoms with Crippen LogP contribution in [-0.2, 0) is 39.6 Å². The van der Waals surface area contributed by atoms with Crippen LogP contribution in [0.2, 0.25) is 0 Å². The van der Waals surface area contributed by atoms with Crippen molar-refractivity contribution in [2.45, 2.75) is 18.7 Å². The van der Waals surface area contributed by atoms with E-state index in [1.807, 2.05) is 0 Å². The summed E-state index contributed by atoms with van der Waals surface area (Å²) in [6, 6.07) is 7.43. The van der Waals surface area contributed by atoms with E-state index >= 15 is 0 Å². The molecule has 67 heavy (non-hydrogen) atoms. The van der Waals surface area contributed by atoms with E-state index in [2.05, 4.69) is 16.0 Å². The van der Waals surface area contributed by atoms with Gasteiger partial charge in [-0.25, -0.2) is 0 Å². The molecule has 1 fully saturated rings. The molecule has 1 radical (unpaired) electrons. The molecule has 4 N–H and O–H groups in total. The number of rotatable bonds is 24. The van der Waals surface area contributed by atoms with Gasteiger partial charge in [0.25, 0.3) is 17.5 Å². The number of benzene rings is 2. The molecule has 3 rings (SSSR count). The Labute approximate surface area is 414 Å². The molecule has 0 spiro atoms. The second-order valence-electron chi connectivity index (χ2n) is 15.1. The maximum atomic E-state index is 13.3. The van der Waals surface area contributed by atoms with Gasteiger partial charge in [-0.1, -0.05) is 0 Å². The molecule has 0 unspecified atom stereocenters. The maximum absolute atomic E-state index is 13.3. The van der Waals surface area contributed by atoms with Gasteiger partial charge in [0.15, 0.2) is 5.60 Å². The first-order valence-electron chi connectivity index (χ1n) is 20.4. The third-order valence-corrected chi connectivity index (χ3v) is 9.71. The molecule has 1 atom stereocenters. The normalized spacial score (nSPS) is 15.7. The molecule has 0 bridgehead atoms. The number of anilines is 1. The van der Waals surface area contributed by atoms with E-state index in [1.165, 1.54) is 29.2 Å². The number of nitro groups is 1. The maximum Gasteiger partial charge on any atom is 3.00 e. The average molecular weight is 1100 g/mol. The molecule has 1 heterocycles. The van der Waals surface area contributed by atoms with Gasteiger partial charge in [0.05, 0.1) is 55.8 Å². The second kappa shape index (κ2) is 29.2. The van der Waals surface area contributed by atoms with E-state index in [-0.39, 0.29) is 156 Å². The first kappa shape index (κ1) is 58.4. The van der Waals surface area contributed by atoms with E-state index in [1.54, 1.807) is 14.7 Å². The van der Waals surface area contributed by atoms with Gasteiger partial charge in [0, 0.05) is 102 Å². The van der Waals surface area contributed by atoms with Crippen molar-refractivity contribution in [3.8, 4) is 5.75 Å². The number of halogens is 3. The number of nitro benzene ring substituents is 1. The van der Waals surface area contributed by atoms with Crippen molar-refractivity contribution in [3.63, 3.8) is 0 Å². The fraction of sp³-hybridized carbons (Fsp3) is 0.550.